The monoisotopic (exact) mass is 518 g/mol. The lowest BCUT2D eigenvalue weighted by Gasteiger charge is -2.32. The van der Waals surface area contributed by atoms with Crippen molar-refractivity contribution >= 4 is 17.0 Å². The maximum atomic E-state index is 11.5. The molecule has 8 nitrogen and oxygen atoms in total. The van der Waals surface area contributed by atoms with Crippen LogP contribution in [0.5, 0.6) is 0 Å². The van der Waals surface area contributed by atoms with Crippen molar-refractivity contribution in [3.63, 3.8) is 0 Å². The quantitative estimate of drug-likeness (QED) is 0.306. The van der Waals surface area contributed by atoms with Gasteiger partial charge in [0.25, 0.3) is 0 Å². The van der Waals surface area contributed by atoms with Crippen LogP contribution in [0.1, 0.15) is 40.5 Å². The van der Waals surface area contributed by atoms with Gasteiger partial charge < -0.3 is 15.4 Å². The van der Waals surface area contributed by atoms with Crippen LogP contribution in [0.15, 0.2) is 85.3 Å². The van der Waals surface area contributed by atoms with Gasteiger partial charge >= 0.3 is 5.97 Å². The Morgan fingerprint density at radius 2 is 1.59 bits per heavy atom. The average Bonchev–Trinajstić information content (AvgIpc) is 3.47. The lowest BCUT2D eigenvalue weighted by Crippen LogP contribution is -2.33. The van der Waals surface area contributed by atoms with Gasteiger partial charge in [-0.15, -0.1) is 0 Å². The number of imidazole rings is 1. The summed E-state index contributed by atoms with van der Waals surface area (Å²) in [6, 6.07) is 23.8. The van der Waals surface area contributed by atoms with E-state index >= 15 is 0 Å². The van der Waals surface area contributed by atoms with Crippen molar-refractivity contribution < 1.29 is 9.90 Å². The van der Waals surface area contributed by atoms with Gasteiger partial charge in [-0.2, -0.15) is 0 Å². The molecule has 6 rings (SSSR count). The minimum Gasteiger partial charge on any atom is -0.478 e. The first-order chi connectivity index (χ1) is 19.1. The van der Waals surface area contributed by atoms with E-state index in [4.69, 9.17) is 15.7 Å². The Kier molecular flexibility index (Phi) is 6.87. The second-order valence-electron chi connectivity index (χ2n) is 10.0. The molecule has 3 heterocycles. The summed E-state index contributed by atoms with van der Waals surface area (Å²) in [6.45, 7) is 3.43. The predicted molar refractivity (Wildman–Crippen MR) is 151 cm³/mol. The van der Waals surface area contributed by atoms with Crippen LogP contribution in [-0.4, -0.2) is 48.6 Å². The normalized spacial score (nSPS) is 14.6. The summed E-state index contributed by atoms with van der Waals surface area (Å²) in [7, 11) is 0. The van der Waals surface area contributed by atoms with Crippen LogP contribution in [0.3, 0.4) is 0 Å². The van der Waals surface area contributed by atoms with Crippen molar-refractivity contribution in [2.75, 3.05) is 13.1 Å². The van der Waals surface area contributed by atoms with Gasteiger partial charge in [-0.3, -0.25) is 4.90 Å². The van der Waals surface area contributed by atoms with E-state index in [1.165, 1.54) is 5.56 Å². The topological polar surface area (TPSA) is 110 Å². The molecular weight excluding hydrogens is 488 g/mol. The number of fused-ring (bicyclic) bond motifs is 1. The first kappa shape index (κ1) is 24.9. The molecule has 39 heavy (non-hydrogen) atoms. The van der Waals surface area contributed by atoms with Gasteiger partial charge in [0, 0.05) is 49.5 Å². The Morgan fingerprint density at radius 3 is 2.26 bits per heavy atom. The van der Waals surface area contributed by atoms with E-state index in [1.54, 1.807) is 18.2 Å². The number of likely N-dealkylation sites (tertiary alicyclic amines) is 1. The summed E-state index contributed by atoms with van der Waals surface area (Å²) in [5, 5.41) is 9.45. The van der Waals surface area contributed by atoms with Gasteiger partial charge in [0.05, 0.1) is 40.0 Å². The standard InChI is InChI=1S/C31H30N6O2/c32-17-25-19-37(20-33-25)26-12-14-36(15-13-26)18-21-6-8-23(9-7-21)30-29(22-4-2-1-3-5-22)34-27-11-10-24(31(38)39)16-28(27)35-30/h1-11,16,19-20,26H,12-15,17-18,32H2,(H,38,39). The Labute approximate surface area is 226 Å². The fraction of sp³-hybridized carbons (Fsp3) is 0.226. The Morgan fingerprint density at radius 1 is 0.897 bits per heavy atom. The number of aromatic nitrogens is 4. The van der Waals surface area contributed by atoms with Gasteiger partial charge in [0.1, 0.15) is 0 Å². The van der Waals surface area contributed by atoms with Gasteiger partial charge in [-0.25, -0.2) is 19.7 Å². The second-order valence-corrected chi connectivity index (χ2v) is 10.0. The van der Waals surface area contributed by atoms with Crippen LogP contribution in [0.4, 0.5) is 0 Å². The van der Waals surface area contributed by atoms with Crippen LogP contribution in [0.2, 0.25) is 0 Å². The van der Waals surface area contributed by atoms with Crippen LogP contribution in [-0.2, 0) is 13.1 Å². The molecule has 3 N–H and O–H groups in total. The van der Waals surface area contributed by atoms with E-state index in [1.807, 2.05) is 36.7 Å². The number of aromatic carboxylic acids is 1. The molecule has 0 spiro atoms. The molecule has 0 bridgehead atoms. The van der Waals surface area contributed by atoms with Crippen molar-refractivity contribution in [3.8, 4) is 22.5 Å². The number of rotatable bonds is 7. The molecule has 8 heteroatoms. The zero-order valence-corrected chi connectivity index (χ0v) is 21.6. The van der Waals surface area contributed by atoms with Crippen LogP contribution in [0.25, 0.3) is 33.5 Å². The molecule has 0 atom stereocenters. The van der Waals surface area contributed by atoms with Gasteiger partial charge in [0.15, 0.2) is 0 Å². The van der Waals surface area contributed by atoms with E-state index in [9.17, 15) is 9.90 Å². The molecule has 0 aliphatic carbocycles. The zero-order valence-electron chi connectivity index (χ0n) is 21.6. The third kappa shape index (κ3) is 5.30. The zero-order chi connectivity index (χ0) is 26.8. The minimum absolute atomic E-state index is 0.196. The molecule has 1 saturated heterocycles. The highest BCUT2D eigenvalue weighted by Crippen LogP contribution is 2.32. The number of hydrogen-bond acceptors (Lipinski definition) is 6. The van der Waals surface area contributed by atoms with Crippen LogP contribution in [0, 0.1) is 0 Å². The number of benzene rings is 3. The van der Waals surface area contributed by atoms with Crippen molar-refractivity contribution in [1.29, 1.82) is 0 Å². The number of hydrogen-bond donors (Lipinski definition) is 2. The second kappa shape index (κ2) is 10.8. The molecule has 0 amide bonds. The number of carboxylic acid groups (broad SMARTS) is 1. The molecule has 1 aliphatic rings. The highest BCUT2D eigenvalue weighted by molar-refractivity contribution is 5.94. The lowest BCUT2D eigenvalue weighted by atomic mass is 10.0. The van der Waals surface area contributed by atoms with Crippen molar-refractivity contribution in [3.05, 3.63) is 102 Å². The molecule has 0 saturated carbocycles. The summed E-state index contributed by atoms with van der Waals surface area (Å²) >= 11 is 0. The average molecular weight is 519 g/mol. The Hall–Kier alpha value is -4.40. The molecular formula is C31H30N6O2. The van der Waals surface area contributed by atoms with Crippen molar-refractivity contribution in [1.82, 2.24) is 24.4 Å². The third-order valence-electron chi connectivity index (χ3n) is 7.43. The lowest BCUT2D eigenvalue weighted by molar-refractivity contribution is 0.0697. The first-order valence-electron chi connectivity index (χ1n) is 13.2. The molecule has 1 fully saturated rings. The van der Waals surface area contributed by atoms with E-state index in [-0.39, 0.29) is 5.56 Å². The van der Waals surface area contributed by atoms with E-state index in [0.29, 0.717) is 23.6 Å². The summed E-state index contributed by atoms with van der Waals surface area (Å²) in [5.41, 5.74) is 12.7. The fourth-order valence-electron chi connectivity index (χ4n) is 5.27. The summed E-state index contributed by atoms with van der Waals surface area (Å²) in [6.07, 6.45) is 6.15. The molecule has 196 valence electrons. The number of nitrogens with two attached hydrogens (primary N) is 1. The molecule has 0 unspecified atom stereocenters. The van der Waals surface area contributed by atoms with Crippen LogP contribution >= 0.6 is 0 Å². The summed E-state index contributed by atoms with van der Waals surface area (Å²) < 4.78 is 2.21. The largest absolute Gasteiger partial charge is 0.478 e. The van der Waals surface area contributed by atoms with Gasteiger partial charge in [-0.1, -0.05) is 54.6 Å². The smallest absolute Gasteiger partial charge is 0.335 e. The van der Waals surface area contributed by atoms with Gasteiger partial charge in [0.2, 0.25) is 0 Å². The van der Waals surface area contributed by atoms with Crippen molar-refractivity contribution in [2.24, 2.45) is 5.73 Å². The Balaban J connectivity index is 1.23. The summed E-state index contributed by atoms with van der Waals surface area (Å²) in [4.78, 5) is 28.2. The van der Waals surface area contributed by atoms with E-state index in [2.05, 4.69) is 44.9 Å². The molecule has 0 radical (unpaired) electrons. The minimum atomic E-state index is -0.980. The number of piperidine rings is 1. The van der Waals surface area contributed by atoms with E-state index in [0.717, 1.165) is 60.7 Å². The molecule has 2 aromatic heterocycles. The fourth-order valence-corrected chi connectivity index (χ4v) is 5.27. The maximum Gasteiger partial charge on any atom is 0.335 e. The maximum absolute atomic E-state index is 11.5. The van der Waals surface area contributed by atoms with Crippen molar-refractivity contribution in [2.45, 2.75) is 32.0 Å². The summed E-state index contributed by atoms with van der Waals surface area (Å²) in [5.74, 6) is -0.980. The number of nitrogens with zero attached hydrogens (tertiary/aromatic N) is 5. The van der Waals surface area contributed by atoms with Gasteiger partial charge in [-0.05, 0) is 36.6 Å². The first-order valence-corrected chi connectivity index (χ1v) is 13.2. The third-order valence-corrected chi connectivity index (χ3v) is 7.43. The highest BCUT2D eigenvalue weighted by Gasteiger charge is 2.21. The SMILES string of the molecule is NCc1cn(C2CCN(Cc3ccc(-c4nc5cc(C(=O)O)ccc5nc4-c4ccccc4)cc3)CC2)cn1. The molecule has 3 aromatic carbocycles. The molecule has 1 aliphatic heterocycles. The number of carboxylic acids is 1. The van der Waals surface area contributed by atoms with E-state index < -0.39 is 5.97 Å². The molecule has 5 aromatic rings. The van der Waals surface area contributed by atoms with Crippen LogP contribution < -0.4 is 5.73 Å². The highest BCUT2D eigenvalue weighted by atomic mass is 16.4. The number of carbonyl (C=O) groups is 1. The Bertz CT molecular complexity index is 1610. The predicted octanol–water partition coefficient (Wildman–Crippen LogP) is 5.15.